The molecule has 7 heteroatoms. The van der Waals surface area contributed by atoms with E-state index >= 15 is 0 Å². The first-order valence-corrected chi connectivity index (χ1v) is 7.93. The maximum atomic E-state index is 12.2. The van der Waals surface area contributed by atoms with Crippen LogP contribution in [0.4, 0.5) is 0 Å². The van der Waals surface area contributed by atoms with E-state index in [2.05, 4.69) is 21.5 Å². The maximum Gasteiger partial charge on any atom is 0.225 e. The second-order valence-corrected chi connectivity index (χ2v) is 5.79. The molecule has 0 bridgehead atoms. The number of fused-ring (bicyclic) bond motifs is 3. The van der Waals surface area contributed by atoms with Gasteiger partial charge in [-0.1, -0.05) is 18.5 Å². The zero-order valence-corrected chi connectivity index (χ0v) is 13.3. The number of pyridine rings is 1. The normalized spacial score (nSPS) is 14.4. The molecule has 3 rings (SSSR count). The number of amides is 1. The van der Waals surface area contributed by atoms with Crippen LogP contribution >= 0.6 is 11.6 Å². The van der Waals surface area contributed by atoms with Crippen molar-refractivity contribution in [2.45, 2.75) is 32.9 Å². The van der Waals surface area contributed by atoms with E-state index in [4.69, 9.17) is 16.3 Å². The molecule has 2 aromatic rings. The predicted molar refractivity (Wildman–Crippen MR) is 83.7 cm³/mol. The fourth-order valence-electron chi connectivity index (χ4n) is 2.64. The van der Waals surface area contributed by atoms with Gasteiger partial charge in [-0.25, -0.2) is 9.97 Å². The molecule has 0 saturated heterocycles. The van der Waals surface area contributed by atoms with E-state index in [1.807, 2.05) is 4.90 Å². The Hall–Kier alpha value is -1.66. The van der Waals surface area contributed by atoms with E-state index in [-0.39, 0.29) is 5.91 Å². The third-order valence-electron chi connectivity index (χ3n) is 3.72. The second kappa shape index (κ2) is 6.62. The molecule has 3 heterocycles. The van der Waals surface area contributed by atoms with Gasteiger partial charge in [-0.2, -0.15) is 0 Å². The summed E-state index contributed by atoms with van der Waals surface area (Å²) in [6.45, 7) is 5.14. The lowest BCUT2D eigenvalue weighted by molar-refractivity contribution is -0.133. The van der Waals surface area contributed by atoms with Gasteiger partial charge in [0, 0.05) is 25.9 Å². The standard InChI is InChI=1S/C15H19ClN4O2/c1-2-6-22-7-3-14(21)19-4-5-20-13(10-19)18-12-8-11(16)9-17-15(12)20/h8-9H,2-7,10H2,1H3. The minimum Gasteiger partial charge on any atom is -0.381 e. The van der Waals surface area contributed by atoms with Crippen molar-refractivity contribution in [1.82, 2.24) is 19.4 Å². The first-order chi connectivity index (χ1) is 10.7. The molecule has 0 unspecified atom stereocenters. The smallest absolute Gasteiger partial charge is 0.225 e. The predicted octanol–water partition coefficient (Wildman–Crippen LogP) is 2.24. The van der Waals surface area contributed by atoms with Gasteiger partial charge in [0.05, 0.1) is 24.6 Å². The number of carbonyl (C=O) groups is 1. The molecule has 2 aromatic heterocycles. The average molecular weight is 323 g/mol. The van der Waals surface area contributed by atoms with Crippen LogP contribution in [0.25, 0.3) is 11.2 Å². The average Bonchev–Trinajstić information content (AvgIpc) is 2.87. The highest BCUT2D eigenvalue weighted by Crippen LogP contribution is 2.21. The zero-order valence-electron chi connectivity index (χ0n) is 12.6. The van der Waals surface area contributed by atoms with Gasteiger partial charge in [0.2, 0.25) is 5.91 Å². The molecular formula is C15H19ClN4O2. The summed E-state index contributed by atoms with van der Waals surface area (Å²) in [5, 5.41) is 0.573. The van der Waals surface area contributed by atoms with Crippen LogP contribution in [0.2, 0.25) is 5.02 Å². The van der Waals surface area contributed by atoms with Crippen molar-refractivity contribution in [1.29, 1.82) is 0 Å². The van der Waals surface area contributed by atoms with Crippen LogP contribution in [-0.2, 0) is 22.6 Å². The van der Waals surface area contributed by atoms with Gasteiger partial charge < -0.3 is 14.2 Å². The Kier molecular flexibility index (Phi) is 4.59. The van der Waals surface area contributed by atoms with E-state index in [0.717, 1.165) is 23.4 Å². The van der Waals surface area contributed by atoms with Crippen molar-refractivity contribution < 1.29 is 9.53 Å². The van der Waals surface area contributed by atoms with Crippen molar-refractivity contribution in [3.05, 3.63) is 23.1 Å². The minimum atomic E-state index is 0.111. The van der Waals surface area contributed by atoms with Crippen molar-refractivity contribution in [2.24, 2.45) is 0 Å². The summed E-state index contributed by atoms with van der Waals surface area (Å²) in [6, 6.07) is 1.81. The molecule has 1 aliphatic rings. The molecule has 1 aliphatic heterocycles. The molecular weight excluding hydrogens is 304 g/mol. The Labute approximate surface area is 134 Å². The zero-order chi connectivity index (χ0) is 15.5. The van der Waals surface area contributed by atoms with Crippen molar-refractivity contribution >= 4 is 28.7 Å². The van der Waals surface area contributed by atoms with Gasteiger partial charge in [-0.05, 0) is 12.5 Å². The summed E-state index contributed by atoms with van der Waals surface area (Å²) in [5.74, 6) is 0.972. The monoisotopic (exact) mass is 322 g/mol. The Morgan fingerprint density at radius 1 is 1.41 bits per heavy atom. The molecule has 0 fully saturated rings. The lowest BCUT2D eigenvalue weighted by atomic mass is 10.3. The van der Waals surface area contributed by atoms with E-state index in [1.54, 1.807) is 12.3 Å². The molecule has 0 spiro atoms. The molecule has 0 aromatic carbocycles. The first-order valence-electron chi connectivity index (χ1n) is 7.55. The summed E-state index contributed by atoms with van der Waals surface area (Å²) in [7, 11) is 0. The van der Waals surface area contributed by atoms with E-state index < -0.39 is 0 Å². The van der Waals surface area contributed by atoms with Gasteiger partial charge in [0.25, 0.3) is 0 Å². The summed E-state index contributed by atoms with van der Waals surface area (Å²) < 4.78 is 7.44. The van der Waals surface area contributed by atoms with E-state index in [9.17, 15) is 4.79 Å². The van der Waals surface area contributed by atoms with Crippen LogP contribution in [-0.4, -0.2) is 45.1 Å². The maximum absolute atomic E-state index is 12.2. The summed E-state index contributed by atoms with van der Waals surface area (Å²) in [4.78, 5) is 22.9. The molecule has 0 aliphatic carbocycles. The largest absolute Gasteiger partial charge is 0.381 e. The fourth-order valence-corrected chi connectivity index (χ4v) is 2.79. The Morgan fingerprint density at radius 3 is 3.09 bits per heavy atom. The first kappa shape index (κ1) is 15.2. The SMILES string of the molecule is CCCOCCC(=O)N1CCn2c(nc3cc(Cl)cnc32)C1. The number of hydrogen-bond donors (Lipinski definition) is 0. The number of hydrogen-bond acceptors (Lipinski definition) is 4. The molecule has 118 valence electrons. The molecule has 0 radical (unpaired) electrons. The van der Waals surface area contributed by atoms with Crippen LogP contribution in [0.3, 0.4) is 0 Å². The molecule has 22 heavy (non-hydrogen) atoms. The fraction of sp³-hybridized carbons (Fsp3) is 0.533. The van der Waals surface area contributed by atoms with Crippen molar-refractivity contribution in [3.63, 3.8) is 0 Å². The summed E-state index contributed by atoms with van der Waals surface area (Å²) in [6.07, 6.45) is 3.02. The Morgan fingerprint density at radius 2 is 2.27 bits per heavy atom. The molecule has 6 nitrogen and oxygen atoms in total. The number of aromatic nitrogens is 3. The third-order valence-corrected chi connectivity index (χ3v) is 3.92. The number of nitrogens with zero attached hydrogens (tertiary/aromatic N) is 4. The number of halogens is 1. The van der Waals surface area contributed by atoms with E-state index in [1.165, 1.54) is 0 Å². The lowest BCUT2D eigenvalue weighted by Crippen LogP contribution is -2.38. The third kappa shape index (κ3) is 3.08. The number of carbonyl (C=O) groups excluding carboxylic acids is 1. The number of rotatable bonds is 5. The van der Waals surface area contributed by atoms with Crippen LogP contribution in [0.1, 0.15) is 25.6 Å². The summed E-state index contributed by atoms with van der Waals surface area (Å²) >= 11 is 5.95. The molecule has 1 amide bonds. The van der Waals surface area contributed by atoms with Gasteiger partial charge >= 0.3 is 0 Å². The van der Waals surface area contributed by atoms with Crippen molar-refractivity contribution in [3.8, 4) is 0 Å². The van der Waals surface area contributed by atoms with Crippen LogP contribution in [0.15, 0.2) is 12.3 Å². The number of ether oxygens (including phenoxy) is 1. The van der Waals surface area contributed by atoms with Gasteiger partial charge in [0.15, 0.2) is 5.65 Å². The minimum absolute atomic E-state index is 0.111. The van der Waals surface area contributed by atoms with Crippen molar-refractivity contribution in [2.75, 3.05) is 19.8 Å². The molecule has 0 atom stereocenters. The topological polar surface area (TPSA) is 60.2 Å². The van der Waals surface area contributed by atoms with Gasteiger partial charge in [0.1, 0.15) is 11.3 Å². The highest BCUT2D eigenvalue weighted by molar-refractivity contribution is 6.31. The Bertz CT molecular complexity index is 685. The van der Waals surface area contributed by atoms with Gasteiger partial charge in [-0.3, -0.25) is 4.79 Å². The molecule has 0 N–H and O–H groups in total. The lowest BCUT2D eigenvalue weighted by Gasteiger charge is -2.27. The highest BCUT2D eigenvalue weighted by atomic mass is 35.5. The Balaban J connectivity index is 1.68. The number of imidazole rings is 1. The van der Waals surface area contributed by atoms with Gasteiger partial charge in [-0.15, -0.1) is 0 Å². The second-order valence-electron chi connectivity index (χ2n) is 5.35. The summed E-state index contributed by atoms with van der Waals surface area (Å²) in [5.41, 5.74) is 1.61. The van der Waals surface area contributed by atoms with E-state index in [0.29, 0.717) is 44.3 Å². The quantitative estimate of drug-likeness (QED) is 0.792. The highest BCUT2D eigenvalue weighted by Gasteiger charge is 2.23. The van der Waals surface area contributed by atoms with Crippen LogP contribution < -0.4 is 0 Å². The van der Waals surface area contributed by atoms with Crippen LogP contribution in [0.5, 0.6) is 0 Å². The van der Waals surface area contributed by atoms with Crippen LogP contribution in [0, 0.1) is 0 Å². The molecule has 0 saturated carbocycles.